The van der Waals surface area contributed by atoms with E-state index in [1.165, 1.54) is 0 Å². The van der Waals surface area contributed by atoms with Crippen LogP contribution in [0, 0.1) is 0 Å². The van der Waals surface area contributed by atoms with Gasteiger partial charge in [0.2, 0.25) is 0 Å². The van der Waals surface area contributed by atoms with E-state index in [0.717, 1.165) is 11.4 Å². The Morgan fingerprint density at radius 1 is 1.47 bits per heavy atom. The van der Waals surface area contributed by atoms with Crippen molar-refractivity contribution in [2.24, 2.45) is 7.05 Å². The zero-order valence-corrected chi connectivity index (χ0v) is 8.51. The van der Waals surface area contributed by atoms with E-state index in [0.29, 0.717) is 12.4 Å². The molecule has 0 unspecified atom stereocenters. The fourth-order valence-electron chi connectivity index (χ4n) is 1.28. The van der Waals surface area contributed by atoms with Gasteiger partial charge in [0.25, 0.3) is 0 Å². The van der Waals surface area contributed by atoms with Crippen molar-refractivity contribution in [1.29, 1.82) is 0 Å². The normalized spacial score (nSPS) is 10.2. The Morgan fingerprint density at radius 3 is 2.93 bits per heavy atom. The molecule has 0 spiro atoms. The second-order valence-corrected chi connectivity index (χ2v) is 3.25. The summed E-state index contributed by atoms with van der Waals surface area (Å²) in [6, 6.07) is 5.72. The lowest BCUT2D eigenvalue weighted by Crippen LogP contribution is -2.04. The van der Waals surface area contributed by atoms with Gasteiger partial charge < -0.3 is 11.1 Å². The molecule has 0 fully saturated rings. The number of aromatic nitrogens is 3. The van der Waals surface area contributed by atoms with Gasteiger partial charge in [-0.2, -0.15) is 5.10 Å². The first-order valence-corrected chi connectivity index (χ1v) is 4.68. The molecule has 5 heteroatoms. The molecule has 0 amide bonds. The highest BCUT2D eigenvalue weighted by Crippen LogP contribution is 2.11. The molecular weight excluding hydrogens is 190 g/mol. The van der Waals surface area contributed by atoms with Crippen LogP contribution in [-0.2, 0) is 13.6 Å². The molecule has 2 heterocycles. The van der Waals surface area contributed by atoms with E-state index in [2.05, 4.69) is 15.4 Å². The quantitative estimate of drug-likeness (QED) is 0.781. The summed E-state index contributed by atoms with van der Waals surface area (Å²) in [5, 5.41) is 7.23. The summed E-state index contributed by atoms with van der Waals surface area (Å²) in [4.78, 5) is 4.15. The van der Waals surface area contributed by atoms with Gasteiger partial charge in [-0.15, -0.1) is 0 Å². The number of nitrogens with zero attached hydrogens (tertiary/aromatic N) is 3. The molecule has 0 aromatic carbocycles. The second kappa shape index (κ2) is 4.00. The van der Waals surface area contributed by atoms with Crippen molar-refractivity contribution in [3.8, 4) is 0 Å². The topological polar surface area (TPSA) is 68.8 Å². The maximum atomic E-state index is 5.81. The summed E-state index contributed by atoms with van der Waals surface area (Å²) in [5.74, 6) is 1.51. The fraction of sp³-hybridized carbons (Fsp3) is 0.200. The molecule has 0 aliphatic carbocycles. The van der Waals surface area contributed by atoms with Gasteiger partial charge in [-0.05, 0) is 12.1 Å². The van der Waals surface area contributed by atoms with Gasteiger partial charge in [-0.3, -0.25) is 4.68 Å². The highest BCUT2D eigenvalue weighted by Gasteiger charge is 2.03. The van der Waals surface area contributed by atoms with Crippen LogP contribution in [0.15, 0.2) is 30.6 Å². The number of nitrogens with two attached hydrogens (primary N) is 1. The monoisotopic (exact) mass is 203 g/mol. The summed E-state index contributed by atoms with van der Waals surface area (Å²) >= 11 is 0. The molecule has 5 nitrogen and oxygen atoms in total. The molecule has 2 aromatic heterocycles. The lowest BCUT2D eigenvalue weighted by atomic mass is 10.3. The van der Waals surface area contributed by atoms with Gasteiger partial charge >= 0.3 is 0 Å². The first-order valence-electron chi connectivity index (χ1n) is 4.68. The maximum Gasteiger partial charge on any atom is 0.126 e. The molecule has 15 heavy (non-hydrogen) atoms. The van der Waals surface area contributed by atoms with Crippen LogP contribution in [0.1, 0.15) is 5.56 Å². The Balaban J connectivity index is 2.02. The summed E-state index contributed by atoms with van der Waals surface area (Å²) in [7, 11) is 1.82. The molecule has 0 aliphatic heterocycles. The molecule has 0 bridgehead atoms. The molecule has 0 saturated carbocycles. The zero-order valence-electron chi connectivity index (χ0n) is 8.51. The van der Waals surface area contributed by atoms with Crippen molar-refractivity contribution in [2.45, 2.75) is 6.54 Å². The Hall–Kier alpha value is -2.04. The third-order valence-corrected chi connectivity index (χ3v) is 2.19. The van der Waals surface area contributed by atoms with Crippen molar-refractivity contribution < 1.29 is 0 Å². The standard InChI is InChI=1S/C10H13N5/c1-15-10(11)8(7-14-15)6-13-9-4-2-3-5-12-9/h2-5,7H,6,11H2,1H3,(H,12,13). The predicted molar refractivity (Wildman–Crippen MR) is 59.2 cm³/mol. The van der Waals surface area contributed by atoms with Crippen molar-refractivity contribution >= 4 is 11.6 Å². The van der Waals surface area contributed by atoms with Gasteiger partial charge in [0, 0.05) is 25.4 Å². The van der Waals surface area contributed by atoms with Gasteiger partial charge in [-0.25, -0.2) is 4.98 Å². The Bertz CT molecular complexity index is 434. The van der Waals surface area contributed by atoms with E-state index in [9.17, 15) is 0 Å². The molecule has 2 rings (SSSR count). The van der Waals surface area contributed by atoms with Crippen LogP contribution < -0.4 is 11.1 Å². The van der Waals surface area contributed by atoms with E-state index < -0.39 is 0 Å². The predicted octanol–water partition coefficient (Wildman–Crippen LogP) is 1.01. The van der Waals surface area contributed by atoms with Crippen LogP contribution in [0.3, 0.4) is 0 Å². The number of anilines is 2. The molecule has 3 N–H and O–H groups in total. The number of hydrogen-bond donors (Lipinski definition) is 2. The fourth-order valence-corrected chi connectivity index (χ4v) is 1.28. The summed E-state index contributed by atoms with van der Waals surface area (Å²) in [5.41, 5.74) is 6.78. The lowest BCUT2D eigenvalue weighted by Gasteiger charge is -2.04. The van der Waals surface area contributed by atoms with E-state index in [1.807, 2.05) is 25.2 Å². The van der Waals surface area contributed by atoms with Crippen LogP contribution in [0.4, 0.5) is 11.6 Å². The molecular formula is C10H13N5. The van der Waals surface area contributed by atoms with Gasteiger partial charge in [0.15, 0.2) is 0 Å². The van der Waals surface area contributed by atoms with Crippen molar-refractivity contribution in [3.05, 3.63) is 36.2 Å². The van der Waals surface area contributed by atoms with Crippen LogP contribution in [-0.4, -0.2) is 14.8 Å². The van der Waals surface area contributed by atoms with Crippen molar-refractivity contribution in [3.63, 3.8) is 0 Å². The Morgan fingerprint density at radius 2 is 2.33 bits per heavy atom. The molecule has 0 radical (unpaired) electrons. The van der Waals surface area contributed by atoms with Crippen molar-refractivity contribution in [1.82, 2.24) is 14.8 Å². The van der Waals surface area contributed by atoms with Gasteiger partial charge in [-0.1, -0.05) is 6.07 Å². The molecule has 2 aromatic rings. The summed E-state index contributed by atoms with van der Waals surface area (Å²) in [6.07, 6.45) is 3.50. The molecule has 0 aliphatic rings. The van der Waals surface area contributed by atoms with Crippen LogP contribution in [0.25, 0.3) is 0 Å². The number of nitrogens with one attached hydrogen (secondary N) is 1. The summed E-state index contributed by atoms with van der Waals surface area (Å²) in [6.45, 7) is 0.636. The number of rotatable bonds is 3. The largest absolute Gasteiger partial charge is 0.384 e. The highest BCUT2D eigenvalue weighted by molar-refractivity contribution is 5.42. The van der Waals surface area contributed by atoms with E-state index in [-0.39, 0.29) is 0 Å². The Labute approximate surface area is 87.9 Å². The number of hydrogen-bond acceptors (Lipinski definition) is 4. The molecule has 78 valence electrons. The Kier molecular flexibility index (Phi) is 2.53. The smallest absolute Gasteiger partial charge is 0.126 e. The SMILES string of the molecule is Cn1ncc(CNc2ccccn2)c1N. The van der Waals surface area contributed by atoms with Crippen LogP contribution >= 0.6 is 0 Å². The average Bonchev–Trinajstić information content (AvgIpc) is 2.59. The lowest BCUT2D eigenvalue weighted by molar-refractivity contribution is 0.778. The first kappa shape index (κ1) is 9.51. The van der Waals surface area contributed by atoms with E-state index in [1.54, 1.807) is 17.1 Å². The average molecular weight is 203 g/mol. The maximum absolute atomic E-state index is 5.81. The summed E-state index contributed by atoms with van der Waals surface area (Å²) < 4.78 is 1.65. The third-order valence-electron chi connectivity index (χ3n) is 2.19. The number of aryl methyl sites for hydroxylation is 1. The van der Waals surface area contributed by atoms with E-state index >= 15 is 0 Å². The first-order chi connectivity index (χ1) is 7.27. The van der Waals surface area contributed by atoms with Crippen molar-refractivity contribution in [2.75, 3.05) is 11.1 Å². The minimum atomic E-state index is 0.636. The van der Waals surface area contributed by atoms with Gasteiger partial charge in [0.05, 0.1) is 6.20 Å². The molecule has 0 atom stereocenters. The third kappa shape index (κ3) is 2.07. The number of pyridine rings is 1. The minimum Gasteiger partial charge on any atom is -0.384 e. The van der Waals surface area contributed by atoms with Crippen LogP contribution in [0.2, 0.25) is 0 Å². The second-order valence-electron chi connectivity index (χ2n) is 3.25. The highest BCUT2D eigenvalue weighted by atomic mass is 15.3. The number of nitrogen functional groups attached to an aromatic ring is 1. The molecule has 0 saturated heterocycles. The minimum absolute atomic E-state index is 0.636. The van der Waals surface area contributed by atoms with E-state index in [4.69, 9.17) is 5.73 Å². The van der Waals surface area contributed by atoms with Gasteiger partial charge in [0.1, 0.15) is 11.6 Å². The van der Waals surface area contributed by atoms with Crippen LogP contribution in [0.5, 0.6) is 0 Å². The zero-order chi connectivity index (χ0) is 10.7.